The number of carbonyl (C=O) groups excluding carboxylic acids is 4. The number of ketones is 4. The molecule has 316 valence electrons. The number of sulfone groups is 1. The van der Waals surface area contributed by atoms with Crippen LogP contribution in [0, 0.1) is 5.92 Å². The van der Waals surface area contributed by atoms with E-state index < -0.39 is 135 Å². The third-order valence-electron chi connectivity index (χ3n) is 10.5. The maximum absolute atomic E-state index is 14.4. The van der Waals surface area contributed by atoms with Crippen molar-refractivity contribution in [2.45, 2.75) is 26.0 Å². The van der Waals surface area contributed by atoms with E-state index >= 15 is 0 Å². The lowest BCUT2D eigenvalue weighted by Gasteiger charge is -2.25. The summed E-state index contributed by atoms with van der Waals surface area (Å²) in [6.45, 7) is 0. The summed E-state index contributed by atoms with van der Waals surface area (Å²) in [5.74, 6) is -5.94. The molecule has 1 heterocycles. The number of aromatic nitrogens is 1. The number of pyridine rings is 1. The number of benzene rings is 5. The van der Waals surface area contributed by atoms with E-state index in [-0.39, 0.29) is 38.8 Å². The molecule has 2 aliphatic carbocycles. The first-order valence-electron chi connectivity index (χ1n) is 17.8. The molecule has 0 fully saturated rings. The molecule has 1 aromatic heterocycles. The molecule has 2 aliphatic rings. The van der Waals surface area contributed by atoms with Gasteiger partial charge >= 0.3 is 0 Å². The van der Waals surface area contributed by atoms with Gasteiger partial charge in [0.15, 0.2) is 33.0 Å². The van der Waals surface area contributed by atoms with Gasteiger partial charge in [-0.15, -0.1) is 0 Å². The summed E-state index contributed by atoms with van der Waals surface area (Å²) >= 11 is 0. The number of hydrogen-bond acceptors (Lipinski definition) is 14. The number of rotatable bonds is 11. The second-order valence-corrected chi connectivity index (χ2v) is 20.4. The van der Waals surface area contributed by atoms with Crippen molar-refractivity contribution in [3.05, 3.63) is 141 Å². The molecule has 0 saturated carbocycles. The molecular formula is C40H26N2O16S4. The number of fused-ring (bicyclic) bond motifs is 3. The van der Waals surface area contributed by atoms with E-state index in [2.05, 4.69) is 10.3 Å². The summed E-state index contributed by atoms with van der Waals surface area (Å²) in [4.78, 5) is 67.0. The third-order valence-corrected chi connectivity index (χ3v) is 14.8. The molecule has 5 aromatic carbocycles. The molecule has 22 heteroatoms. The highest BCUT2D eigenvalue weighted by Crippen LogP contribution is 2.46. The number of nitrogens with one attached hydrogen (secondary N) is 2. The summed E-state index contributed by atoms with van der Waals surface area (Å²) in [5.41, 5.74) is -4.52. The molecular weight excluding hydrogens is 893 g/mol. The van der Waals surface area contributed by atoms with Gasteiger partial charge in [-0.25, -0.2) is 8.42 Å². The highest BCUT2D eigenvalue weighted by Gasteiger charge is 2.40. The number of H-pyrrole nitrogens is 1. The quantitative estimate of drug-likeness (QED) is 0.0685. The number of anilines is 2. The molecule has 0 spiro atoms. The van der Waals surface area contributed by atoms with Crippen molar-refractivity contribution in [2.24, 2.45) is 5.92 Å². The van der Waals surface area contributed by atoms with E-state index in [0.29, 0.717) is 12.1 Å². The average molecular weight is 919 g/mol. The van der Waals surface area contributed by atoms with Crippen LogP contribution in [0.1, 0.15) is 59.0 Å². The maximum Gasteiger partial charge on any atom is 0.296 e. The van der Waals surface area contributed by atoms with Crippen LogP contribution in [-0.4, -0.2) is 81.2 Å². The fourth-order valence-electron chi connectivity index (χ4n) is 7.65. The Hall–Kier alpha value is -6.53. The van der Waals surface area contributed by atoms with Crippen molar-refractivity contribution in [1.29, 1.82) is 0 Å². The zero-order valence-corrected chi connectivity index (χ0v) is 34.3. The molecule has 0 aliphatic heterocycles. The smallest absolute Gasteiger partial charge is 0.296 e. The lowest BCUT2D eigenvalue weighted by molar-refractivity contribution is 0.0835. The summed E-state index contributed by atoms with van der Waals surface area (Å²) in [6.07, 6.45) is -0.654. The van der Waals surface area contributed by atoms with Crippen molar-refractivity contribution < 1.29 is 66.5 Å². The van der Waals surface area contributed by atoms with Gasteiger partial charge in [0.05, 0.1) is 49.5 Å². The Morgan fingerprint density at radius 2 is 1.21 bits per heavy atom. The van der Waals surface area contributed by atoms with Gasteiger partial charge in [-0.3, -0.25) is 37.6 Å². The van der Waals surface area contributed by atoms with Crippen LogP contribution in [-0.2, 0) is 40.2 Å². The molecule has 62 heavy (non-hydrogen) atoms. The van der Waals surface area contributed by atoms with Crippen LogP contribution >= 0.6 is 0 Å². The van der Waals surface area contributed by atoms with Crippen LogP contribution in [0.2, 0.25) is 0 Å². The van der Waals surface area contributed by atoms with E-state index in [9.17, 15) is 71.3 Å². The SMILES string of the molecule is O=C(c1ccccc1)c1c2c3c(c(Nc4ccc(S(=O)(=O)CCC5C(=O)c6ccc(S(=O)(=O)O)cc6C5=O)cc4S(=O)(=O)O)cc(S(=O)(=O)O)c3[nH]c1=O)C(=O)c1ccccc1-2. The first-order valence-corrected chi connectivity index (χ1v) is 23.8. The maximum atomic E-state index is 14.4. The van der Waals surface area contributed by atoms with Crippen molar-refractivity contribution >= 4 is 85.6 Å². The van der Waals surface area contributed by atoms with E-state index in [1.807, 2.05) is 0 Å². The van der Waals surface area contributed by atoms with Crippen LogP contribution in [0.15, 0.2) is 121 Å². The molecule has 5 N–H and O–H groups in total. The molecule has 18 nitrogen and oxygen atoms in total. The third kappa shape index (κ3) is 7.05. The molecule has 0 bridgehead atoms. The molecule has 0 radical (unpaired) electrons. The summed E-state index contributed by atoms with van der Waals surface area (Å²) in [6, 6.07) is 18.8. The summed E-state index contributed by atoms with van der Waals surface area (Å²) in [5, 5.41) is 2.21. The van der Waals surface area contributed by atoms with Crippen LogP contribution in [0.5, 0.6) is 0 Å². The standard InChI is InChI=1S/C40H26N2O16S4/c43-36(19-6-2-1-3-7-19)34-31-22-8-4-5-9-23(22)39(46)32-28(18-30(62(56,57)58)35(33(31)32)42-40(34)47)41-27-13-11-20(17-29(27)61(53,54)55)59(48,49)15-14-25-37(44)24-12-10-21(60(50,51)52)16-26(24)38(25)45/h1-13,16-18,25,41H,14-15H2,(H,42,47)(H,50,51,52)(H,53,54,55)(H,56,57,58). The molecule has 6 aromatic rings. The van der Waals surface area contributed by atoms with Crippen molar-refractivity contribution in [2.75, 3.05) is 11.1 Å². The van der Waals surface area contributed by atoms with Gasteiger partial charge in [-0.1, -0.05) is 54.6 Å². The zero-order chi connectivity index (χ0) is 44.8. The fourth-order valence-corrected chi connectivity index (χ4v) is 10.9. The Bertz CT molecular complexity index is 3580. The van der Waals surface area contributed by atoms with Crippen LogP contribution < -0.4 is 10.9 Å². The van der Waals surface area contributed by atoms with E-state index in [0.717, 1.165) is 30.3 Å². The first-order chi connectivity index (χ1) is 29.0. The van der Waals surface area contributed by atoms with Gasteiger partial charge < -0.3 is 10.3 Å². The number of Topliss-reactive ketones (excluding diaryl/α,β-unsaturated/α-hetero) is 2. The normalized spacial score (nSPS) is 15.1. The predicted octanol–water partition coefficient (Wildman–Crippen LogP) is 4.31. The van der Waals surface area contributed by atoms with Gasteiger partial charge in [0.25, 0.3) is 35.9 Å². The fraction of sp³-hybridized carbons (Fsp3) is 0.0750. The Morgan fingerprint density at radius 3 is 1.85 bits per heavy atom. The first kappa shape index (κ1) is 42.2. The highest BCUT2D eigenvalue weighted by molar-refractivity contribution is 7.91. The minimum Gasteiger partial charge on any atom is -0.354 e. The van der Waals surface area contributed by atoms with Gasteiger partial charge in [0.2, 0.25) is 0 Å². The van der Waals surface area contributed by atoms with E-state index in [1.165, 1.54) is 48.5 Å². The largest absolute Gasteiger partial charge is 0.354 e. The zero-order valence-electron chi connectivity index (χ0n) is 31.0. The Labute approximate surface area is 350 Å². The monoisotopic (exact) mass is 918 g/mol. The van der Waals surface area contributed by atoms with Crippen LogP contribution in [0.4, 0.5) is 11.4 Å². The number of aromatic amines is 1. The lowest BCUT2D eigenvalue weighted by Crippen LogP contribution is -2.25. The molecule has 0 saturated heterocycles. The van der Waals surface area contributed by atoms with E-state index in [1.54, 1.807) is 6.07 Å². The van der Waals surface area contributed by atoms with Crippen molar-refractivity contribution in [3.63, 3.8) is 0 Å². The Kier molecular flexibility index (Phi) is 9.89. The second-order valence-electron chi connectivity index (χ2n) is 14.1. The highest BCUT2D eigenvalue weighted by atomic mass is 32.2. The minimum absolute atomic E-state index is 0.0414. The Balaban J connectivity index is 1.24. The molecule has 8 rings (SSSR count). The van der Waals surface area contributed by atoms with Gasteiger partial charge in [-0.2, -0.15) is 25.3 Å². The average Bonchev–Trinajstić information content (AvgIpc) is 3.45. The van der Waals surface area contributed by atoms with Crippen LogP contribution in [0.3, 0.4) is 0 Å². The predicted molar refractivity (Wildman–Crippen MR) is 218 cm³/mol. The summed E-state index contributed by atoms with van der Waals surface area (Å²) in [7, 11) is -20.1. The Morgan fingerprint density at radius 1 is 0.597 bits per heavy atom. The minimum atomic E-state index is -5.40. The topological polar surface area (TPSA) is 310 Å². The molecule has 1 atom stereocenters. The van der Waals surface area contributed by atoms with Gasteiger partial charge in [-0.05, 0) is 54.4 Å². The summed E-state index contributed by atoms with van der Waals surface area (Å²) < 4.78 is 132. The number of hydrogen-bond donors (Lipinski definition) is 5. The second kappa shape index (κ2) is 14.5. The lowest BCUT2D eigenvalue weighted by atomic mass is 9.80. The van der Waals surface area contributed by atoms with Crippen molar-refractivity contribution in [1.82, 2.24) is 4.98 Å². The van der Waals surface area contributed by atoms with Gasteiger partial charge in [0.1, 0.15) is 9.79 Å². The van der Waals surface area contributed by atoms with Crippen LogP contribution in [0.25, 0.3) is 22.0 Å². The number of carbonyl (C=O) groups is 4. The van der Waals surface area contributed by atoms with E-state index in [4.69, 9.17) is 0 Å². The van der Waals surface area contributed by atoms with Crippen molar-refractivity contribution in [3.8, 4) is 11.1 Å². The van der Waals surface area contributed by atoms with Gasteiger partial charge in [0, 0.05) is 33.2 Å². The molecule has 0 amide bonds. The molecule has 1 unspecified atom stereocenters.